The van der Waals surface area contributed by atoms with Crippen LogP contribution in [-0.2, 0) is 6.42 Å². The predicted molar refractivity (Wildman–Crippen MR) is 86.8 cm³/mol. The van der Waals surface area contributed by atoms with Gasteiger partial charge in [0.2, 0.25) is 0 Å². The molecule has 2 heteroatoms. The van der Waals surface area contributed by atoms with Gasteiger partial charge in [0.25, 0.3) is 0 Å². The summed E-state index contributed by atoms with van der Waals surface area (Å²) in [5.74, 6) is 0.432. The van der Waals surface area contributed by atoms with Crippen molar-refractivity contribution in [3.05, 3.63) is 89.7 Å². The first-order chi connectivity index (χ1) is 10.4. The van der Waals surface area contributed by atoms with E-state index < -0.39 is 0 Å². The van der Waals surface area contributed by atoms with E-state index >= 15 is 0 Å². The number of aromatic nitrogens is 1. The third-order valence-corrected chi connectivity index (χ3v) is 5.18. The fourth-order valence-electron chi connectivity index (χ4n) is 2.98. The Labute approximate surface area is 129 Å². The van der Waals surface area contributed by atoms with Crippen molar-refractivity contribution in [3.8, 4) is 0 Å². The number of benzene rings is 2. The average Bonchev–Trinajstić information content (AvgIpc) is 2.55. The quantitative estimate of drug-likeness (QED) is 0.664. The zero-order valence-corrected chi connectivity index (χ0v) is 12.4. The Hall–Kier alpha value is -2.06. The largest absolute Gasteiger partial charge is 0.265 e. The second-order valence-corrected chi connectivity index (χ2v) is 6.37. The summed E-state index contributed by atoms with van der Waals surface area (Å²) in [5.41, 5.74) is 4.22. The number of fused-ring (bicyclic) bond motifs is 2. The van der Waals surface area contributed by atoms with Crippen LogP contribution in [0.25, 0.3) is 0 Å². The second-order valence-electron chi connectivity index (χ2n) is 5.29. The van der Waals surface area contributed by atoms with Gasteiger partial charge in [-0.3, -0.25) is 4.98 Å². The lowest BCUT2D eigenvalue weighted by molar-refractivity contribution is 0.761. The molecule has 4 rings (SSSR count). The van der Waals surface area contributed by atoms with Crippen molar-refractivity contribution in [3.63, 3.8) is 0 Å². The van der Waals surface area contributed by atoms with E-state index in [1.807, 2.05) is 24.2 Å². The summed E-state index contributed by atoms with van der Waals surface area (Å²) in [6, 6.07) is 21.8. The maximum absolute atomic E-state index is 4.12. The molecule has 2 aromatic carbocycles. The highest BCUT2D eigenvalue weighted by Crippen LogP contribution is 2.46. The summed E-state index contributed by atoms with van der Waals surface area (Å²) in [7, 11) is 0. The van der Waals surface area contributed by atoms with Crippen LogP contribution in [0.5, 0.6) is 0 Å². The average molecular weight is 289 g/mol. The lowest BCUT2D eigenvalue weighted by Gasteiger charge is -2.28. The lowest BCUT2D eigenvalue weighted by Crippen LogP contribution is -2.11. The molecule has 3 aromatic rings. The van der Waals surface area contributed by atoms with Crippen LogP contribution in [0, 0.1) is 0 Å². The van der Waals surface area contributed by atoms with E-state index in [2.05, 4.69) is 65.6 Å². The summed E-state index contributed by atoms with van der Waals surface area (Å²) in [4.78, 5) is 6.89. The zero-order chi connectivity index (χ0) is 14.1. The molecule has 1 aliphatic rings. The van der Waals surface area contributed by atoms with Gasteiger partial charge in [0.05, 0.1) is 0 Å². The molecule has 0 radical (unpaired) electrons. The van der Waals surface area contributed by atoms with Gasteiger partial charge in [-0.1, -0.05) is 48.2 Å². The Morgan fingerprint density at radius 1 is 0.762 bits per heavy atom. The molecule has 2 heterocycles. The van der Waals surface area contributed by atoms with E-state index in [0.29, 0.717) is 5.92 Å². The normalized spacial score (nSPS) is 13.5. The van der Waals surface area contributed by atoms with Crippen LogP contribution in [0.4, 0.5) is 0 Å². The molecule has 1 nitrogen and oxygen atoms in total. The van der Waals surface area contributed by atoms with Crippen molar-refractivity contribution < 1.29 is 0 Å². The van der Waals surface area contributed by atoms with Crippen LogP contribution in [-0.4, -0.2) is 4.98 Å². The molecular weight excluding hydrogens is 274 g/mol. The Bertz CT molecular complexity index is 722. The molecule has 0 atom stereocenters. The molecule has 0 saturated carbocycles. The van der Waals surface area contributed by atoms with E-state index in [1.54, 1.807) is 0 Å². The maximum Gasteiger partial charge on any atom is 0.0270 e. The predicted octanol–water partition coefficient (Wildman–Crippen LogP) is 4.92. The van der Waals surface area contributed by atoms with Gasteiger partial charge in [0.1, 0.15) is 0 Å². The minimum absolute atomic E-state index is 0.432. The monoisotopic (exact) mass is 289 g/mol. The number of hydrogen-bond acceptors (Lipinski definition) is 2. The molecule has 0 N–H and O–H groups in total. The van der Waals surface area contributed by atoms with Gasteiger partial charge in [-0.05, 0) is 47.4 Å². The van der Waals surface area contributed by atoms with Crippen molar-refractivity contribution in [2.75, 3.05) is 0 Å². The van der Waals surface area contributed by atoms with Crippen molar-refractivity contribution >= 4 is 11.8 Å². The summed E-state index contributed by atoms with van der Waals surface area (Å²) < 4.78 is 0. The minimum Gasteiger partial charge on any atom is -0.265 e. The number of pyridine rings is 1. The minimum atomic E-state index is 0.432. The van der Waals surface area contributed by atoms with E-state index in [1.165, 1.54) is 26.5 Å². The highest BCUT2D eigenvalue weighted by molar-refractivity contribution is 7.99. The summed E-state index contributed by atoms with van der Waals surface area (Å²) in [6.07, 6.45) is 4.78. The van der Waals surface area contributed by atoms with Crippen LogP contribution < -0.4 is 0 Å². The van der Waals surface area contributed by atoms with E-state index in [4.69, 9.17) is 0 Å². The molecule has 1 aromatic heterocycles. The third kappa shape index (κ3) is 2.36. The Morgan fingerprint density at radius 3 is 1.95 bits per heavy atom. The molecule has 0 aliphatic carbocycles. The van der Waals surface area contributed by atoms with Gasteiger partial charge in [0.15, 0.2) is 0 Å². The van der Waals surface area contributed by atoms with Crippen LogP contribution in [0.15, 0.2) is 82.8 Å². The first-order valence-corrected chi connectivity index (χ1v) is 7.98. The molecule has 0 bridgehead atoms. The van der Waals surface area contributed by atoms with Gasteiger partial charge >= 0.3 is 0 Å². The molecular formula is C19H15NS. The van der Waals surface area contributed by atoms with Crippen molar-refractivity contribution in [1.29, 1.82) is 0 Å². The molecule has 0 unspecified atom stereocenters. The smallest absolute Gasteiger partial charge is 0.0270 e. The van der Waals surface area contributed by atoms with Crippen molar-refractivity contribution in [1.82, 2.24) is 4.98 Å². The van der Waals surface area contributed by atoms with E-state index in [0.717, 1.165) is 6.42 Å². The Kier molecular flexibility index (Phi) is 3.24. The molecule has 0 saturated heterocycles. The van der Waals surface area contributed by atoms with Gasteiger partial charge in [0, 0.05) is 28.1 Å². The molecule has 0 spiro atoms. The van der Waals surface area contributed by atoms with Gasteiger partial charge in [-0.15, -0.1) is 0 Å². The number of rotatable bonds is 2. The second kappa shape index (κ2) is 5.38. The lowest BCUT2D eigenvalue weighted by atomic mass is 9.86. The highest BCUT2D eigenvalue weighted by atomic mass is 32.2. The third-order valence-electron chi connectivity index (χ3n) is 4.00. The van der Waals surface area contributed by atoms with Crippen LogP contribution >= 0.6 is 11.8 Å². The van der Waals surface area contributed by atoms with Crippen molar-refractivity contribution in [2.24, 2.45) is 0 Å². The fraction of sp³-hybridized carbons (Fsp3) is 0.105. The summed E-state index contributed by atoms with van der Waals surface area (Å²) in [5, 5.41) is 0. The van der Waals surface area contributed by atoms with E-state index in [9.17, 15) is 0 Å². The Morgan fingerprint density at radius 2 is 1.33 bits per heavy atom. The number of nitrogens with zero attached hydrogens (tertiary/aromatic N) is 1. The van der Waals surface area contributed by atoms with Gasteiger partial charge in [-0.2, -0.15) is 0 Å². The molecule has 102 valence electrons. The maximum atomic E-state index is 4.12. The zero-order valence-electron chi connectivity index (χ0n) is 11.6. The van der Waals surface area contributed by atoms with Crippen LogP contribution in [0.3, 0.4) is 0 Å². The molecule has 0 amide bonds. The molecule has 1 aliphatic heterocycles. The van der Waals surface area contributed by atoms with Crippen molar-refractivity contribution in [2.45, 2.75) is 22.1 Å². The topological polar surface area (TPSA) is 12.9 Å². The highest BCUT2D eigenvalue weighted by Gasteiger charge is 2.25. The Balaban J connectivity index is 1.82. The standard InChI is InChI=1S/C19H15NS/c1-3-7-18-15(5-1)17(13-14-9-11-20-12-10-14)16-6-2-4-8-19(16)21-18/h1-12,17H,13H2. The first-order valence-electron chi connectivity index (χ1n) is 7.16. The van der Waals surface area contributed by atoms with Crippen LogP contribution in [0.1, 0.15) is 22.6 Å². The first kappa shape index (κ1) is 12.7. The van der Waals surface area contributed by atoms with Crippen LogP contribution in [0.2, 0.25) is 0 Å². The molecule has 21 heavy (non-hydrogen) atoms. The molecule has 0 fully saturated rings. The van der Waals surface area contributed by atoms with Gasteiger partial charge in [-0.25, -0.2) is 0 Å². The summed E-state index contributed by atoms with van der Waals surface area (Å²) in [6.45, 7) is 0. The number of hydrogen-bond donors (Lipinski definition) is 0. The summed E-state index contributed by atoms with van der Waals surface area (Å²) >= 11 is 1.88. The van der Waals surface area contributed by atoms with E-state index in [-0.39, 0.29) is 0 Å². The van der Waals surface area contributed by atoms with Gasteiger partial charge < -0.3 is 0 Å². The SMILES string of the molecule is c1ccc2c(c1)Sc1ccccc1C2Cc1ccncc1. The fourth-order valence-corrected chi connectivity index (χ4v) is 4.17.